The van der Waals surface area contributed by atoms with E-state index in [1.165, 1.54) is 91.0 Å². The molecule has 0 heterocycles. The van der Waals surface area contributed by atoms with E-state index in [9.17, 15) is 27.7 Å². The first-order chi connectivity index (χ1) is 15.4. The summed E-state index contributed by atoms with van der Waals surface area (Å²) < 4.78 is 34.5. The average molecular weight is 470 g/mol. The minimum absolute atomic E-state index is 0.274. The number of thiol groups is 1. The molecule has 0 amide bonds. The van der Waals surface area contributed by atoms with Crippen LogP contribution in [0.15, 0.2) is 102 Å². The van der Waals surface area contributed by atoms with Gasteiger partial charge >= 0.3 is 0 Å². The Labute approximate surface area is 183 Å². The molecule has 0 radical (unpaired) electrons. The number of carbonyl (C=O) groups excluding carboxylic acids is 3. The molecule has 2 N–H and O–H groups in total. The van der Waals surface area contributed by atoms with Gasteiger partial charge < -0.3 is 0 Å². The van der Waals surface area contributed by atoms with E-state index in [1.807, 2.05) is 0 Å². The number of rotatable bonds is 6. The molecular formula is C21H15N3O6S2. The quantitative estimate of drug-likeness (QED) is 0.281. The number of hydrogen-bond donors (Lipinski definition) is 3. The van der Waals surface area contributed by atoms with Crippen LogP contribution in [0.4, 0.5) is 17.1 Å². The second-order valence-electron chi connectivity index (χ2n) is 6.24. The first-order valence-corrected chi connectivity index (χ1v) is 12.7. The van der Waals surface area contributed by atoms with Crippen molar-refractivity contribution in [2.24, 2.45) is 15.0 Å². The lowest BCUT2D eigenvalue weighted by Crippen LogP contribution is -2.23. The Kier molecular flexibility index (Phi) is 6.85. The first kappa shape index (κ1) is 22.9. The normalized spacial score (nSPS) is 11.4. The summed E-state index contributed by atoms with van der Waals surface area (Å²) in [4.78, 5) is 43.1. The predicted octanol–water partition coefficient (Wildman–Crippen LogP) is 4.10. The molecule has 162 valence electrons. The van der Waals surface area contributed by atoms with Crippen LogP contribution in [0.3, 0.4) is 0 Å². The van der Waals surface area contributed by atoms with Gasteiger partial charge in [-0.25, -0.2) is 18.6 Å². The highest BCUT2D eigenvalue weighted by Crippen LogP contribution is 2.42. The zero-order chi connectivity index (χ0) is 23.2. The van der Waals surface area contributed by atoms with Crippen molar-refractivity contribution in [2.45, 2.75) is 14.7 Å². The van der Waals surface area contributed by atoms with Crippen molar-refractivity contribution in [1.82, 2.24) is 0 Å². The Hall–Kier alpha value is -3.78. The van der Waals surface area contributed by atoms with E-state index < -0.39 is 17.6 Å². The monoisotopic (exact) mass is 469 g/mol. The second kappa shape index (κ2) is 9.57. The van der Waals surface area contributed by atoms with Crippen LogP contribution in [0.1, 0.15) is 0 Å². The first-order valence-electron chi connectivity index (χ1n) is 8.80. The molecule has 0 aliphatic rings. The molecule has 32 heavy (non-hydrogen) atoms. The number of isocyanates is 3. The van der Waals surface area contributed by atoms with Crippen molar-refractivity contribution in [2.75, 3.05) is 0 Å². The van der Waals surface area contributed by atoms with Crippen LogP contribution in [0.5, 0.6) is 0 Å². The van der Waals surface area contributed by atoms with Crippen LogP contribution < -0.4 is 0 Å². The summed E-state index contributed by atoms with van der Waals surface area (Å²) in [5, 5.41) is 0. The highest BCUT2D eigenvalue weighted by atomic mass is 32.9. The Balaban J connectivity index is 2.44. The highest BCUT2D eigenvalue weighted by Gasteiger charge is 2.29. The average Bonchev–Trinajstić information content (AvgIpc) is 2.77. The lowest BCUT2D eigenvalue weighted by molar-refractivity contribution is 0.449. The molecule has 0 bridgehead atoms. The van der Waals surface area contributed by atoms with Crippen molar-refractivity contribution in [3.8, 4) is 0 Å². The van der Waals surface area contributed by atoms with Crippen molar-refractivity contribution in [1.29, 1.82) is 0 Å². The summed E-state index contributed by atoms with van der Waals surface area (Å²) in [7, 11) is -8.16. The van der Waals surface area contributed by atoms with E-state index in [4.69, 9.17) is 0 Å². The second-order valence-corrected chi connectivity index (χ2v) is 13.0. The summed E-state index contributed by atoms with van der Waals surface area (Å²) in [5.41, 5.74) is 0.821. The maximum absolute atomic E-state index is 13.1. The van der Waals surface area contributed by atoms with Gasteiger partial charge in [0.05, 0.1) is 17.1 Å². The molecule has 3 rings (SSSR count). The van der Waals surface area contributed by atoms with E-state index in [0.717, 1.165) is 0 Å². The molecule has 0 fully saturated rings. The van der Waals surface area contributed by atoms with Crippen LogP contribution in [0, 0.1) is 0 Å². The SMILES string of the molecule is O=C=Nc1ccc([SH](c2ccc(N=C=O)cc2)(c2ccc(N=C=O)cc2)=S(=O)(O)O)cc1. The Morgan fingerprint density at radius 1 is 0.562 bits per heavy atom. The topological polar surface area (TPSA) is 146 Å². The molecule has 3 aromatic rings. The van der Waals surface area contributed by atoms with Gasteiger partial charge in [-0.05, 0) is 72.8 Å². The fourth-order valence-corrected chi connectivity index (χ4v) is 10.2. The Morgan fingerprint density at radius 3 is 1.00 bits per heavy atom. The maximum Gasteiger partial charge on any atom is 0.240 e. The van der Waals surface area contributed by atoms with Crippen molar-refractivity contribution >= 4 is 52.9 Å². The third-order valence-electron chi connectivity index (χ3n) is 4.52. The maximum atomic E-state index is 13.1. The summed E-state index contributed by atoms with van der Waals surface area (Å²) in [6.45, 7) is 0. The van der Waals surface area contributed by atoms with Crippen molar-refractivity contribution in [3.63, 3.8) is 0 Å². The smallest absolute Gasteiger partial charge is 0.240 e. The van der Waals surface area contributed by atoms with Gasteiger partial charge in [0.25, 0.3) is 0 Å². The van der Waals surface area contributed by atoms with Gasteiger partial charge in [-0.3, -0.25) is 9.11 Å². The molecule has 9 nitrogen and oxygen atoms in total. The lowest BCUT2D eigenvalue weighted by atomic mass is 10.3. The van der Waals surface area contributed by atoms with E-state index >= 15 is 0 Å². The van der Waals surface area contributed by atoms with E-state index in [2.05, 4.69) is 15.0 Å². The molecule has 0 saturated heterocycles. The molecule has 3 aromatic carbocycles. The van der Waals surface area contributed by atoms with Gasteiger partial charge in [-0.1, -0.05) is 8.59 Å². The predicted molar refractivity (Wildman–Crippen MR) is 120 cm³/mol. The van der Waals surface area contributed by atoms with E-state index in [0.29, 0.717) is 14.7 Å². The third kappa shape index (κ3) is 4.31. The Bertz CT molecular complexity index is 1280. The highest BCUT2D eigenvalue weighted by molar-refractivity contribution is 8.51. The van der Waals surface area contributed by atoms with Gasteiger partial charge in [-0.15, -0.1) is 0 Å². The van der Waals surface area contributed by atoms with Crippen LogP contribution in [0.25, 0.3) is 0 Å². The molecular weight excluding hydrogens is 454 g/mol. The van der Waals surface area contributed by atoms with Gasteiger partial charge in [-0.2, -0.15) is 15.0 Å². The molecule has 0 aliphatic heterocycles. The molecule has 0 aliphatic carbocycles. The fourth-order valence-electron chi connectivity index (χ4n) is 3.23. The van der Waals surface area contributed by atoms with Gasteiger partial charge in [0.15, 0.2) is 0 Å². The van der Waals surface area contributed by atoms with E-state index in [1.54, 1.807) is 0 Å². The van der Waals surface area contributed by atoms with Crippen LogP contribution in [-0.2, 0) is 32.0 Å². The standard InChI is InChI=1S/C21H15N3O6S2/c25-13-22-16-1-7-19(8-2-16)31(32(28,29)30,20-9-3-17(4-10-20)23-14-26)21-11-5-18(6-12-21)24-15-27/h1-12,31H,(H2,28,29,30). The molecule has 11 heteroatoms. The summed E-state index contributed by atoms with van der Waals surface area (Å²) in [6, 6.07) is 17.7. The van der Waals surface area contributed by atoms with E-state index in [-0.39, 0.29) is 17.1 Å². The number of benzene rings is 3. The summed E-state index contributed by atoms with van der Waals surface area (Å²) >= 11 is 0. The van der Waals surface area contributed by atoms with Crippen LogP contribution in [0.2, 0.25) is 0 Å². The van der Waals surface area contributed by atoms with Crippen LogP contribution >= 0.6 is 0 Å². The zero-order valence-corrected chi connectivity index (χ0v) is 17.9. The molecule has 0 spiro atoms. The number of hydrogen-bond acceptors (Lipinski definition) is 7. The van der Waals surface area contributed by atoms with Gasteiger partial charge in [0, 0.05) is 14.7 Å². The molecule has 0 unspecified atom stereocenters. The molecule has 0 atom stereocenters. The van der Waals surface area contributed by atoms with Crippen molar-refractivity contribution in [3.05, 3.63) is 72.8 Å². The lowest BCUT2D eigenvalue weighted by Gasteiger charge is -2.33. The van der Waals surface area contributed by atoms with Gasteiger partial charge in [0.1, 0.15) is 0 Å². The number of nitrogens with zero attached hydrogens (tertiary/aromatic N) is 3. The fraction of sp³-hybridized carbons (Fsp3) is 0. The zero-order valence-electron chi connectivity index (χ0n) is 16.2. The van der Waals surface area contributed by atoms with Crippen LogP contribution in [-0.4, -0.2) is 31.6 Å². The minimum atomic E-state index is -4.52. The molecule has 0 aromatic heterocycles. The summed E-state index contributed by atoms with van der Waals surface area (Å²) in [6.07, 6.45) is 4.25. The number of aliphatic imine (C=N–C) groups is 3. The third-order valence-corrected chi connectivity index (χ3v) is 12.3. The van der Waals surface area contributed by atoms with Gasteiger partial charge in [0.2, 0.25) is 27.3 Å². The molecule has 0 saturated carbocycles. The largest absolute Gasteiger partial charge is 0.290 e. The Morgan fingerprint density at radius 2 is 0.812 bits per heavy atom. The minimum Gasteiger partial charge on any atom is -0.290 e. The van der Waals surface area contributed by atoms with Crippen molar-refractivity contribution < 1.29 is 27.7 Å². The summed E-state index contributed by atoms with van der Waals surface area (Å²) in [5.74, 6) is 0.